The Labute approximate surface area is 199 Å². The molecule has 30 heavy (non-hydrogen) atoms. The predicted octanol–water partition coefficient (Wildman–Crippen LogP) is 8.63. The van der Waals surface area contributed by atoms with Gasteiger partial charge in [-0.25, -0.2) is 0 Å². The van der Waals surface area contributed by atoms with Crippen molar-refractivity contribution in [1.29, 1.82) is 0 Å². The third-order valence-electron chi connectivity index (χ3n) is 7.42. The zero-order valence-electron chi connectivity index (χ0n) is 22.1. The monoisotopic (exact) mass is 470 g/mol. The summed E-state index contributed by atoms with van der Waals surface area (Å²) in [5.74, 6) is 0. The van der Waals surface area contributed by atoms with Crippen LogP contribution in [-0.4, -0.2) is 25.9 Å². The zero-order valence-corrected chi connectivity index (χ0v) is 26.4. The maximum atomic E-state index is 2.33. The van der Waals surface area contributed by atoms with E-state index in [9.17, 15) is 0 Å². The smallest absolute Gasteiger partial charge is 0.0245 e. The van der Waals surface area contributed by atoms with Crippen LogP contribution in [0.2, 0.25) is 18.1 Å². The molecular formula is C27H62Si3. The van der Waals surface area contributed by atoms with Crippen LogP contribution >= 0.6 is 0 Å². The SMILES string of the molecule is CCCCCCCCC[SiH]([SiH3])[SiH](CCCCCCCCC)CCCCCCCCC. The van der Waals surface area contributed by atoms with Crippen LogP contribution in [0.25, 0.3) is 0 Å². The molecular weight excluding hydrogens is 409 g/mol. The molecule has 0 aromatic rings. The van der Waals surface area contributed by atoms with Crippen molar-refractivity contribution in [3.8, 4) is 0 Å². The Morgan fingerprint density at radius 3 is 0.967 bits per heavy atom. The molecule has 3 heteroatoms. The first-order valence-corrected chi connectivity index (χ1v) is 24.5. The zero-order chi connectivity index (χ0) is 22.1. The average Bonchev–Trinajstić information content (AvgIpc) is 2.75. The molecule has 0 aliphatic carbocycles. The molecule has 0 radical (unpaired) electrons. The number of unbranched alkanes of at least 4 members (excludes halogenated alkanes) is 18. The molecule has 0 fully saturated rings. The fourth-order valence-corrected chi connectivity index (χ4v) is 23.7. The normalized spacial score (nSPS) is 12.8. The first-order chi connectivity index (χ1) is 14.8. The topological polar surface area (TPSA) is 0 Å². The fraction of sp³-hybridized carbons (Fsp3) is 1.00. The molecule has 182 valence electrons. The maximum absolute atomic E-state index is 2.33. The molecule has 0 spiro atoms. The summed E-state index contributed by atoms with van der Waals surface area (Å²) in [6, 6.07) is 5.25. The Morgan fingerprint density at radius 2 is 0.633 bits per heavy atom. The largest absolute Gasteiger partial charge is 0.0654 e. The molecule has 0 heterocycles. The summed E-state index contributed by atoms with van der Waals surface area (Å²) in [6.45, 7) is 7.00. The maximum Gasteiger partial charge on any atom is 0.0245 e. The van der Waals surface area contributed by atoms with Crippen molar-refractivity contribution >= 4 is 25.9 Å². The fourth-order valence-electron chi connectivity index (χ4n) is 5.10. The summed E-state index contributed by atoms with van der Waals surface area (Å²) in [5.41, 5.74) is 0. The van der Waals surface area contributed by atoms with Crippen LogP contribution in [0, 0.1) is 0 Å². The van der Waals surface area contributed by atoms with Crippen LogP contribution in [0.15, 0.2) is 0 Å². The predicted molar refractivity (Wildman–Crippen MR) is 153 cm³/mol. The molecule has 0 bridgehead atoms. The van der Waals surface area contributed by atoms with Gasteiger partial charge in [0.15, 0.2) is 0 Å². The third kappa shape index (κ3) is 21.9. The van der Waals surface area contributed by atoms with E-state index in [-0.39, 0.29) is 16.1 Å². The third-order valence-corrected chi connectivity index (χ3v) is 30.7. The lowest BCUT2D eigenvalue weighted by atomic mass is 10.1. The Balaban J connectivity index is 4.02. The first-order valence-electron chi connectivity index (χ1n) is 14.8. The van der Waals surface area contributed by atoms with Gasteiger partial charge in [-0.2, -0.15) is 0 Å². The lowest BCUT2D eigenvalue weighted by molar-refractivity contribution is 0.596. The Kier molecular flexibility index (Phi) is 26.5. The molecule has 0 saturated heterocycles. The van der Waals surface area contributed by atoms with E-state index in [4.69, 9.17) is 0 Å². The number of hydrogen-bond donors (Lipinski definition) is 0. The van der Waals surface area contributed by atoms with Crippen LogP contribution in [0.4, 0.5) is 0 Å². The highest BCUT2D eigenvalue weighted by Gasteiger charge is 2.19. The van der Waals surface area contributed by atoms with E-state index in [0.29, 0.717) is 0 Å². The van der Waals surface area contributed by atoms with Gasteiger partial charge in [0, 0.05) is 16.1 Å². The molecule has 1 atom stereocenters. The number of hydrogen-bond acceptors (Lipinski definition) is 0. The molecule has 0 aliphatic heterocycles. The molecule has 0 amide bonds. The number of rotatable bonds is 25. The second-order valence-electron chi connectivity index (χ2n) is 10.5. The van der Waals surface area contributed by atoms with Crippen LogP contribution in [-0.2, 0) is 0 Å². The Hall–Kier alpha value is 0.651. The van der Waals surface area contributed by atoms with E-state index in [2.05, 4.69) is 20.8 Å². The van der Waals surface area contributed by atoms with Crippen LogP contribution < -0.4 is 0 Å². The van der Waals surface area contributed by atoms with Gasteiger partial charge in [0.1, 0.15) is 0 Å². The van der Waals surface area contributed by atoms with Crippen molar-refractivity contribution in [2.24, 2.45) is 0 Å². The van der Waals surface area contributed by atoms with Gasteiger partial charge in [0.05, 0.1) is 0 Å². The van der Waals surface area contributed by atoms with E-state index in [1.54, 1.807) is 66.4 Å². The van der Waals surface area contributed by atoms with E-state index in [1.807, 2.05) is 0 Å². The van der Waals surface area contributed by atoms with Crippen LogP contribution in [0.5, 0.6) is 0 Å². The van der Waals surface area contributed by atoms with Crippen LogP contribution in [0.3, 0.4) is 0 Å². The minimum absolute atomic E-state index is 0.244. The van der Waals surface area contributed by atoms with E-state index in [1.165, 1.54) is 96.3 Å². The molecule has 0 rings (SSSR count). The van der Waals surface area contributed by atoms with Crippen LogP contribution in [0.1, 0.15) is 156 Å². The second kappa shape index (κ2) is 25.9. The van der Waals surface area contributed by atoms with E-state index in [0.717, 1.165) is 0 Å². The molecule has 1 unspecified atom stereocenters. The highest BCUT2D eigenvalue weighted by molar-refractivity contribution is 7.41. The standard InChI is InChI=1S/C27H62Si3/c1-4-7-10-13-16-19-22-25-29(26-23-20-17-14-11-8-5-2)30(28)27-24-21-18-15-12-9-6-3/h29-30H,4-27H2,1-3,28H3. The summed E-state index contributed by atoms with van der Waals surface area (Å²) in [5, 5.41) is 0. The van der Waals surface area contributed by atoms with Crippen molar-refractivity contribution in [3.63, 3.8) is 0 Å². The van der Waals surface area contributed by atoms with Gasteiger partial charge in [-0.15, -0.1) is 0 Å². The van der Waals surface area contributed by atoms with Crippen molar-refractivity contribution in [3.05, 3.63) is 0 Å². The van der Waals surface area contributed by atoms with Gasteiger partial charge < -0.3 is 0 Å². The van der Waals surface area contributed by atoms with Crippen molar-refractivity contribution < 1.29 is 0 Å². The Bertz CT molecular complexity index is 290. The molecule has 0 saturated carbocycles. The minimum Gasteiger partial charge on any atom is -0.0654 e. The van der Waals surface area contributed by atoms with Crippen molar-refractivity contribution in [1.82, 2.24) is 0 Å². The van der Waals surface area contributed by atoms with Gasteiger partial charge >= 0.3 is 0 Å². The second-order valence-corrected chi connectivity index (χ2v) is 30.4. The van der Waals surface area contributed by atoms with Gasteiger partial charge in [-0.3, -0.25) is 0 Å². The molecule has 0 aromatic carbocycles. The average molecular weight is 471 g/mol. The lowest BCUT2D eigenvalue weighted by Crippen LogP contribution is -2.36. The minimum atomic E-state index is -0.327. The summed E-state index contributed by atoms with van der Waals surface area (Å²) >= 11 is 0. The van der Waals surface area contributed by atoms with Gasteiger partial charge in [0.2, 0.25) is 0 Å². The summed E-state index contributed by atoms with van der Waals surface area (Å²) in [6.07, 6.45) is 31.7. The highest BCUT2D eigenvalue weighted by Crippen LogP contribution is 2.19. The van der Waals surface area contributed by atoms with Gasteiger partial charge in [0.25, 0.3) is 0 Å². The highest BCUT2D eigenvalue weighted by atomic mass is 29.6. The van der Waals surface area contributed by atoms with Gasteiger partial charge in [-0.05, 0) is 9.76 Å². The van der Waals surface area contributed by atoms with Gasteiger partial charge in [-0.1, -0.05) is 174 Å². The summed E-state index contributed by atoms with van der Waals surface area (Å²) in [4.78, 5) is 0. The Morgan fingerprint density at radius 1 is 0.367 bits per heavy atom. The molecule has 0 N–H and O–H groups in total. The molecule has 0 nitrogen and oxygen atoms in total. The van der Waals surface area contributed by atoms with Crippen molar-refractivity contribution in [2.75, 3.05) is 0 Å². The van der Waals surface area contributed by atoms with E-state index >= 15 is 0 Å². The quantitative estimate of drug-likeness (QED) is 0.0924. The van der Waals surface area contributed by atoms with E-state index < -0.39 is 0 Å². The first kappa shape index (κ1) is 30.7. The summed E-state index contributed by atoms with van der Waals surface area (Å²) < 4.78 is 0. The summed E-state index contributed by atoms with van der Waals surface area (Å²) in [7, 11) is 1.06. The van der Waals surface area contributed by atoms with Crippen molar-refractivity contribution in [2.45, 2.75) is 174 Å². The molecule has 0 aliphatic rings. The lowest BCUT2D eigenvalue weighted by Gasteiger charge is -2.22. The molecule has 0 aromatic heterocycles.